The summed E-state index contributed by atoms with van der Waals surface area (Å²) >= 11 is 0. The number of anilines is 1. The van der Waals surface area contributed by atoms with Gasteiger partial charge in [0.05, 0.1) is 18.8 Å². The standard InChI is InChI=1S/C13H15N5O3/c1-17-13(15-11(16-17)12(19)20)18-6-7-21-10(8-18)9-4-2-3-5-14-9/h2-5,10H,6-8H2,1H3,(H,19,20). The van der Waals surface area contributed by atoms with Gasteiger partial charge in [0.2, 0.25) is 5.95 Å². The maximum Gasteiger partial charge on any atom is 0.375 e. The number of aromatic carboxylic acids is 1. The first-order valence-corrected chi connectivity index (χ1v) is 6.57. The van der Waals surface area contributed by atoms with E-state index in [0.29, 0.717) is 25.6 Å². The lowest BCUT2D eigenvalue weighted by molar-refractivity contribution is 0.0362. The summed E-state index contributed by atoms with van der Waals surface area (Å²) in [7, 11) is 1.68. The molecule has 0 aromatic carbocycles. The van der Waals surface area contributed by atoms with Gasteiger partial charge in [-0.05, 0) is 12.1 Å². The predicted molar refractivity (Wildman–Crippen MR) is 73.1 cm³/mol. The van der Waals surface area contributed by atoms with Gasteiger partial charge in [0, 0.05) is 19.8 Å². The van der Waals surface area contributed by atoms with Gasteiger partial charge in [-0.15, -0.1) is 5.10 Å². The molecule has 0 spiro atoms. The van der Waals surface area contributed by atoms with E-state index in [9.17, 15) is 4.79 Å². The first kappa shape index (κ1) is 13.5. The molecule has 8 nitrogen and oxygen atoms in total. The van der Waals surface area contributed by atoms with Gasteiger partial charge < -0.3 is 14.7 Å². The van der Waals surface area contributed by atoms with E-state index in [1.54, 1.807) is 13.2 Å². The summed E-state index contributed by atoms with van der Waals surface area (Å²) in [6.45, 7) is 1.72. The molecule has 110 valence electrons. The largest absolute Gasteiger partial charge is 0.475 e. The zero-order valence-electron chi connectivity index (χ0n) is 11.5. The number of hydrogen-bond acceptors (Lipinski definition) is 6. The van der Waals surface area contributed by atoms with Crippen molar-refractivity contribution in [2.75, 3.05) is 24.6 Å². The molecule has 1 fully saturated rings. The second-order valence-electron chi connectivity index (χ2n) is 4.72. The van der Waals surface area contributed by atoms with Crippen LogP contribution in [0.25, 0.3) is 0 Å². The predicted octanol–water partition coefficient (Wildman–Crippen LogP) is 0.486. The van der Waals surface area contributed by atoms with Crippen molar-refractivity contribution in [3.63, 3.8) is 0 Å². The molecule has 1 unspecified atom stereocenters. The molecule has 3 rings (SSSR count). The van der Waals surface area contributed by atoms with Gasteiger partial charge in [-0.3, -0.25) is 4.98 Å². The molecule has 1 saturated heterocycles. The average Bonchev–Trinajstić information content (AvgIpc) is 2.91. The van der Waals surface area contributed by atoms with E-state index in [1.807, 2.05) is 23.1 Å². The Morgan fingerprint density at radius 3 is 3.00 bits per heavy atom. The van der Waals surface area contributed by atoms with Crippen molar-refractivity contribution in [3.05, 3.63) is 35.9 Å². The molecule has 21 heavy (non-hydrogen) atoms. The smallest absolute Gasteiger partial charge is 0.375 e. The number of nitrogens with zero attached hydrogens (tertiary/aromatic N) is 5. The number of ether oxygens (including phenoxy) is 1. The van der Waals surface area contributed by atoms with Crippen LogP contribution in [0.3, 0.4) is 0 Å². The van der Waals surface area contributed by atoms with Crippen LogP contribution in [0.15, 0.2) is 24.4 Å². The molecule has 0 aliphatic carbocycles. The Hall–Kier alpha value is -2.48. The SMILES string of the molecule is Cn1nc(C(=O)O)nc1N1CCOC(c2ccccn2)C1. The third kappa shape index (κ3) is 2.70. The van der Waals surface area contributed by atoms with Gasteiger partial charge in [0.25, 0.3) is 5.82 Å². The molecule has 0 bridgehead atoms. The summed E-state index contributed by atoms with van der Waals surface area (Å²) in [6.07, 6.45) is 1.56. The van der Waals surface area contributed by atoms with Gasteiger partial charge in [0.1, 0.15) is 6.10 Å². The van der Waals surface area contributed by atoms with Crippen LogP contribution < -0.4 is 4.90 Å². The number of morpholine rings is 1. The Kier molecular flexibility index (Phi) is 3.53. The number of hydrogen-bond donors (Lipinski definition) is 1. The van der Waals surface area contributed by atoms with Crippen LogP contribution in [-0.2, 0) is 11.8 Å². The maximum atomic E-state index is 10.9. The van der Waals surface area contributed by atoms with Gasteiger partial charge in [0.15, 0.2) is 0 Å². The van der Waals surface area contributed by atoms with Crippen LogP contribution in [0.1, 0.15) is 22.4 Å². The van der Waals surface area contributed by atoms with Crippen LogP contribution in [0.5, 0.6) is 0 Å². The summed E-state index contributed by atoms with van der Waals surface area (Å²) in [6, 6.07) is 5.68. The zero-order chi connectivity index (χ0) is 14.8. The van der Waals surface area contributed by atoms with Crippen molar-refractivity contribution in [2.45, 2.75) is 6.10 Å². The van der Waals surface area contributed by atoms with Crippen LogP contribution in [-0.4, -0.2) is 50.5 Å². The minimum Gasteiger partial charge on any atom is -0.475 e. The van der Waals surface area contributed by atoms with E-state index in [0.717, 1.165) is 5.69 Å². The highest BCUT2D eigenvalue weighted by Gasteiger charge is 2.26. The maximum absolute atomic E-state index is 10.9. The summed E-state index contributed by atoms with van der Waals surface area (Å²) in [4.78, 5) is 21.3. The molecule has 1 aliphatic heterocycles. The quantitative estimate of drug-likeness (QED) is 0.878. The number of rotatable bonds is 3. The number of carbonyl (C=O) groups is 1. The summed E-state index contributed by atoms with van der Waals surface area (Å²) in [5.41, 5.74) is 0.850. The highest BCUT2D eigenvalue weighted by atomic mass is 16.5. The Morgan fingerprint density at radius 2 is 2.33 bits per heavy atom. The second kappa shape index (κ2) is 5.49. The van der Waals surface area contributed by atoms with E-state index in [4.69, 9.17) is 9.84 Å². The fourth-order valence-corrected chi connectivity index (χ4v) is 2.32. The fraction of sp³-hybridized carbons (Fsp3) is 0.385. The highest BCUT2D eigenvalue weighted by molar-refractivity contribution is 5.83. The van der Waals surface area contributed by atoms with Crippen molar-refractivity contribution in [3.8, 4) is 0 Å². The number of pyridine rings is 1. The topological polar surface area (TPSA) is 93.4 Å². The van der Waals surface area contributed by atoms with E-state index in [-0.39, 0.29) is 11.9 Å². The van der Waals surface area contributed by atoms with Crippen molar-refractivity contribution < 1.29 is 14.6 Å². The molecule has 0 saturated carbocycles. The van der Waals surface area contributed by atoms with Crippen LogP contribution in [0, 0.1) is 0 Å². The fourth-order valence-electron chi connectivity index (χ4n) is 2.32. The molecular weight excluding hydrogens is 274 g/mol. The number of aryl methyl sites for hydroxylation is 1. The van der Waals surface area contributed by atoms with E-state index in [1.165, 1.54) is 4.68 Å². The van der Waals surface area contributed by atoms with Gasteiger partial charge in [-0.25, -0.2) is 9.48 Å². The molecule has 1 N–H and O–H groups in total. The third-order valence-electron chi connectivity index (χ3n) is 3.30. The third-order valence-corrected chi connectivity index (χ3v) is 3.30. The average molecular weight is 289 g/mol. The Balaban J connectivity index is 1.82. The number of carboxylic acids is 1. The molecule has 1 aliphatic rings. The molecular formula is C13H15N5O3. The number of carboxylic acid groups (broad SMARTS) is 1. The van der Waals surface area contributed by atoms with Crippen LogP contribution in [0.4, 0.5) is 5.95 Å². The Labute approximate surface area is 121 Å². The molecule has 2 aromatic rings. The second-order valence-corrected chi connectivity index (χ2v) is 4.72. The lowest BCUT2D eigenvalue weighted by atomic mass is 10.2. The molecule has 2 aromatic heterocycles. The summed E-state index contributed by atoms with van der Waals surface area (Å²) in [5, 5.41) is 12.9. The number of aromatic nitrogens is 4. The minimum absolute atomic E-state index is 0.162. The monoisotopic (exact) mass is 289 g/mol. The molecule has 0 radical (unpaired) electrons. The normalized spacial score (nSPS) is 18.7. The molecule has 1 atom stereocenters. The molecule has 8 heteroatoms. The Bertz CT molecular complexity index is 643. The first-order valence-electron chi connectivity index (χ1n) is 6.57. The minimum atomic E-state index is -1.13. The molecule has 0 amide bonds. The molecule has 3 heterocycles. The van der Waals surface area contributed by atoms with Crippen molar-refractivity contribution >= 4 is 11.9 Å². The van der Waals surface area contributed by atoms with Gasteiger partial charge in [-0.2, -0.15) is 4.98 Å². The van der Waals surface area contributed by atoms with E-state index >= 15 is 0 Å². The zero-order valence-corrected chi connectivity index (χ0v) is 11.5. The van der Waals surface area contributed by atoms with E-state index in [2.05, 4.69) is 15.1 Å². The van der Waals surface area contributed by atoms with Crippen molar-refractivity contribution in [1.29, 1.82) is 0 Å². The first-order chi connectivity index (χ1) is 10.1. The Morgan fingerprint density at radius 1 is 1.48 bits per heavy atom. The van der Waals surface area contributed by atoms with Crippen molar-refractivity contribution in [2.24, 2.45) is 7.05 Å². The summed E-state index contributed by atoms with van der Waals surface area (Å²) < 4.78 is 7.21. The van der Waals surface area contributed by atoms with Gasteiger partial charge in [-0.1, -0.05) is 6.07 Å². The van der Waals surface area contributed by atoms with Crippen LogP contribution >= 0.6 is 0 Å². The van der Waals surface area contributed by atoms with E-state index < -0.39 is 5.97 Å². The lowest BCUT2D eigenvalue weighted by Gasteiger charge is -2.32. The van der Waals surface area contributed by atoms with Gasteiger partial charge >= 0.3 is 5.97 Å². The van der Waals surface area contributed by atoms with Crippen molar-refractivity contribution in [1.82, 2.24) is 19.7 Å². The summed E-state index contributed by atoms with van der Waals surface area (Å²) in [5.74, 6) is -0.809. The highest BCUT2D eigenvalue weighted by Crippen LogP contribution is 2.23. The lowest BCUT2D eigenvalue weighted by Crippen LogP contribution is -2.40. The van der Waals surface area contributed by atoms with Crippen LogP contribution in [0.2, 0.25) is 0 Å².